The fourth-order valence-electron chi connectivity index (χ4n) is 3.72. The van der Waals surface area contributed by atoms with Crippen LogP contribution >= 0.6 is 24.0 Å². The molecule has 1 aliphatic heterocycles. The van der Waals surface area contributed by atoms with E-state index in [0.29, 0.717) is 6.54 Å². The molecule has 1 aromatic carbocycles. The quantitative estimate of drug-likeness (QED) is 0.315. The summed E-state index contributed by atoms with van der Waals surface area (Å²) in [6.45, 7) is 4.16. The lowest BCUT2D eigenvalue weighted by Crippen LogP contribution is -2.43. The van der Waals surface area contributed by atoms with Gasteiger partial charge in [-0.15, -0.1) is 24.0 Å². The molecule has 0 spiro atoms. The van der Waals surface area contributed by atoms with Gasteiger partial charge < -0.3 is 15.0 Å². The number of esters is 1. The highest BCUT2D eigenvalue weighted by molar-refractivity contribution is 14.0. The van der Waals surface area contributed by atoms with Crippen LogP contribution in [-0.2, 0) is 14.9 Å². The third-order valence-electron chi connectivity index (χ3n) is 5.50. The molecule has 1 saturated carbocycles. The fourth-order valence-corrected chi connectivity index (χ4v) is 3.72. The van der Waals surface area contributed by atoms with Crippen molar-refractivity contribution in [1.82, 2.24) is 10.2 Å². The summed E-state index contributed by atoms with van der Waals surface area (Å²) in [6.07, 6.45) is 2.09. The topological polar surface area (TPSA) is 53.9 Å². The van der Waals surface area contributed by atoms with E-state index in [0.717, 1.165) is 37.5 Å². The van der Waals surface area contributed by atoms with Crippen LogP contribution in [0, 0.1) is 17.7 Å². The lowest BCUT2D eigenvalue weighted by atomic mass is 9.96. The van der Waals surface area contributed by atoms with Gasteiger partial charge in [-0.1, -0.05) is 19.1 Å². The van der Waals surface area contributed by atoms with E-state index in [4.69, 9.17) is 4.74 Å². The molecule has 2 atom stereocenters. The number of carbonyl (C=O) groups is 1. The van der Waals surface area contributed by atoms with Gasteiger partial charge in [-0.3, -0.25) is 9.79 Å². The SMILES string of the molecule is CN=C(NCC1(c2cccc(F)c2)CC1)N1CC(C)C(C(=O)OC)C1.I. The summed E-state index contributed by atoms with van der Waals surface area (Å²) in [4.78, 5) is 18.4. The average Bonchev–Trinajstić information content (AvgIpc) is 3.31. The fraction of sp³-hybridized carbons (Fsp3) is 0.579. The molecule has 7 heteroatoms. The van der Waals surface area contributed by atoms with Crippen molar-refractivity contribution in [1.29, 1.82) is 0 Å². The van der Waals surface area contributed by atoms with E-state index in [1.165, 1.54) is 13.2 Å². The van der Waals surface area contributed by atoms with Crippen LogP contribution in [0.1, 0.15) is 25.3 Å². The van der Waals surface area contributed by atoms with E-state index < -0.39 is 0 Å². The number of hydrogen-bond acceptors (Lipinski definition) is 3. The lowest BCUT2D eigenvalue weighted by molar-refractivity contribution is -0.145. The Balaban J connectivity index is 0.00000243. The monoisotopic (exact) mass is 475 g/mol. The summed E-state index contributed by atoms with van der Waals surface area (Å²) in [6, 6.07) is 6.86. The standard InChI is InChI=1S/C19H26FN3O2.HI/c1-13-10-23(11-16(13)17(24)25-3)18(21-2)22-12-19(7-8-19)14-5-4-6-15(20)9-14;/h4-6,9,13,16H,7-8,10-12H2,1-3H3,(H,21,22);1H. The number of benzene rings is 1. The van der Waals surface area contributed by atoms with Crippen LogP contribution in [0.5, 0.6) is 0 Å². The molecule has 5 nitrogen and oxygen atoms in total. The van der Waals surface area contributed by atoms with E-state index in [1.807, 2.05) is 6.07 Å². The first-order valence-electron chi connectivity index (χ1n) is 8.78. The Morgan fingerprint density at radius 1 is 1.42 bits per heavy atom. The molecule has 0 radical (unpaired) electrons. The average molecular weight is 475 g/mol. The summed E-state index contributed by atoms with van der Waals surface area (Å²) >= 11 is 0. The van der Waals surface area contributed by atoms with Crippen molar-refractivity contribution in [2.45, 2.75) is 25.2 Å². The lowest BCUT2D eigenvalue weighted by Gasteiger charge is -2.24. The van der Waals surface area contributed by atoms with Gasteiger partial charge in [0.25, 0.3) is 0 Å². The Kier molecular flexibility index (Phi) is 6.87. The molecule has 0 aromatic heterocycles. The van der Waals surface area contributed by atoms with Crippen molar-refractivity contribution < 1.29 is 13.9 Å². The van der Waals surface area contributed by atoms with E-state index in [1.54, 1.807) is 19.2 Å². The van der Waals surface area contributed by atoms with E-state index >= 15 is 0 Å². The second-order valence-corrected chi connectivity index (χ2v) is 7.20. The molecule has 144 valence electrons. The van der Waals surface area contributed by atoms with E-state index in [2.05, 4.69) is 22.1 Å². The summed E-state index contributed by atoms with van der Waals surface area (Å²) in [5, 5.41) is 3.43. The number of likely N-dealkylation sites (tertiary alicyclic amines) is 1. The molecule has 1 saturated heterocycles. The zero-order chi connectivity index (χ0) is 18.0. The number of nitrogens with zero attached hydrogens (tertiary/aromatic N) is 2. The second-order valence-electron chi connectivity index (χ2n) is 7.20. The normalized spacial score (nSPS) is 24.0. The Bertz CT molecular complexity index is 679. The maximum absolute atomic E-state index is 13.5. The smallest absolute Gasteiger partial charge is 0.310 e. The number of aliphatic imine (C=N–C) groups is 1. The molecule has 2 unspecified atom stereocenters. The predicted octanol–water partition coefficient (Wildman–Crippen LogP) is 2.79. The number of carbonyl (C=O) groups excluding carboxylic acids is 1. The van der Waals surface area contributed by atoms with Crippen molar-refractivity contribution in [2.24, 2.45) is 16.8 Å². The molecular weight excluding hydrogens is 448 g/mol. The van der Waals surface area contributed by atoms with Gasteiger partial charge in [-0.2, -0.15) is 0 Å². The third-order valence-corrected chi connectivity index (χ3v) is 5.50. The van der Waals surface area contributed by atoms with Crippen LogP contribution in [-0.4, -0.2) is 50.6 Å². The highest BCUT2D eigenvalue weighted by atomic mass is 127. The first kappa shape index (κ1) is 20.9. The largest absolute Gasteiger partial charge is 0.469 e. The van der Waals surface area contributed by atoms with Gasteiger partial charge in [0.1, 0.15) is 5.82 Å². The maximum atomic E-state index is 13.5. The van der Waals surface area contributed by atoms with Gasteiger partial charge in [0.05, 0.1) is 13.0 Å². The van der Waals surface area contributed by atoms with Gasteiger partial charge in [0.2, 0.25) is 0 Å². The van der Waals surface area contributed by atoms with Crippen molar-refractivity contribution in [3.63, 3.8) is 0 Å². The minimum Gasteiger partial charge on any atom is -0.469 e. The van der Waals surface area contributed by atoms with Gasteiger partial charge in [-0.05, 0) is 36.5 Å². The molecule has 1 heterocycles. The Hall–Kier alpha value is -1.38. The minimum absolute atomic E-state index is 0. The molecular formula is C19H27FIN3O2. The number of hydrogen-bond donors (Lipinski definition) is 1. The number of rotatable bonds is 4. The zero-order valence-electron chi connectivity index (χ0n) is 15.5. The predicted molar refractivity (Wildman–Crippen MR) is 110 cm³/mol. The number of halogens is 2. The second kappa shape index (κ2) is 8.54. The number of methoxy groups -OCH3 is 1. The van der Waals surface area contributed by atoms with Crippen LogP contribution < -0.4 is 5.32 Å². The van der Waals surface area contributed by atoms with Gasteiger partial charge >= 0.3 is 5.97 Å². The van der Waals surface area contributed by atoms with Crippen LogP contribution in [0.4, 0.5) is 4.39 Å². The first-order valence-corrected chi connectivity index (χ1v) is 8.78. The molecule has 0 amide bonds. The van der Waals surface area contributed by atoms with Crippen LogP contribution in [0.3, 0.4) is 0 Å². The molecule has 2 fully saturated rings. The Morgan fingerprint density at radius 3 is 2.73 bits per heavy atom. The maximum Gasteiger partial charge on any atom is 0.310 e. The highest BCUT2D eigenvalue weighted by Crippen LogP contribution is 2.47. The Labute approximate surface area is 171 Å². The molecule has 2 aliphatic rings. The molecule has 1 aliphatic carbocycles. The van der Waals surface area contributed by atoms with E-state index in [9.17, 15) is 9.18 Å². The van der Waals surface area contributed by atoms with Crippen LogP contribution in [0.25, 0.3) is 0 Å². The number of nitrogens with one attached hydrogen (secondary N) is 1. The van der Waals surface area contributed by atoms with Gasteiger partial charge in [-0.25, -0.2) is 4.39 Å². The zero-order valence-corrected chi connectivity index (χ0v) is 17.8. The molecule has 26 heavy (non-hydrogen) atoms. The van der Waals surface area contributed by atoms with Crippen molar-refractivity contribution >= 4 is 35.9 Å². The molecule has 3 rings (SSSR count). The highest BCUT2D eigenvalue weighted by Gasteiger charge is 2.45. The summed E-state index contributed by atoms with van der Waals surface area (Å²) in [5.74, 6) is 0.540. The summed E-state index contributed by atoms with van der Waals surface area (Å²) in [5.41, 5.74) is 1.03. The third kappa shape index (κ3) is 4.29. The minimum atomic E-state index is -0.192. The molecule has 1 aromatic rings. The molecule has 1 N–H and O–H groups in total. The van der Waals surface area contributed by atoms with Gasteiger partial charge in [0.15, 0.2) is 5.96 Å². The van der Waals surface area contributed by atoms with Crippen molar-refractivity contribution in [3.8, 4) is 0 Å². The van der Waals surface area contributed by atoms with E-state index in [-0.39, 0.29) is 53.0 Å². The molecule has 0 bridgehead atoms. The Morgan fingerprint density at radius 2 is 2.15 bits per heavy atom. The van der Waals surface area contributed by atoms with Crippen molar-refractivity contribution in [3.05, 3.63) is 35.6 Å². The number of ether oxygens (including phenoxy) is 1. The first-order chi connectivity index (χ1) is 12.0. The van der Waals surface area contributed by atoms with Crippen LogP contribution in [0.2, 0.25) is 0 Å². The summed E-state index contributed by atoms with van der Waals surface area (Å²) < 4.78 is 18.4. The summed E-state index contributed by atoms with van der Waals surface area (Å²) in [7, 11) is 3.18. The van der Waals surface area contributed by atoms with Crippen molar-refractivity contribution in [2.75, 3.05) is 33.8 Å². The van der Waals surface area contributed by atoms with Gasteiger partial charge in [0, 0.05) is 32.1 Å². The number of guanidine groups is 1. The van der Waals surface area contributed by atoms with Crippen LogP contribution in [0.15, 0.2) is 29.3 Å².